The number of para-hydroxylation sites is 3. The molecule has 3 aromatic heterocycles. The van der Waals surface area contributed by atoms with E-state index < -0.39 is 68.8 Å². The average molecular weight is 1510 g/mol. The number of fused-ring (bicyclic) bond motifs is 13. The van der Waals surface area contributed by atoms with Crippen molar-refractivity contribution in [1.82, 2.24) is 9.13 Å². The Labute approximate surface area is 656 Å². The van der Waals surface area contributed by atoms with E-state index >= 15 is 0 Å². The van der Waals surface area contributed by atoms with Crippen molar-refractivity contribution < 1.29 is 15.1 Å². The maximum atomic E-state index is 12.1. The summed E-state index contributed by atoms with van der Waals surface area (Å²) >= 11 is -1.81. The summed E-state index contributed by atoms with van der Waals surface area (Å²) in [7, 11) is 0. The first-order chi connectivity index (χ1) is 57.1. The van der Waals surface area contributed by atoms with Gasteiger partial charge in [-0.1, -0.05) is 18.2 Å². The van der Waals surface area contributed by atoms with Crippen molar-refractivity contribution in [3.63, 3.8) is 0 Å². The summed E-state index contributed by atoms with van der Waals surface area (Å²) in [5.41, 5.74) is 18.1. The standard InChI is InChI=1S/C102H79BN4Te/c1-100(2,3)69-54-79(62-29-14-10-15-30-62)96(80(55-69)63-31-16-11-17-32-63)106-87-60-72(105-86-44-27-24-41-76(86)94-78-50-47-67-38-28-37-66-45-46-68(53-88(94)105)93(78)92(66)67)49-52-83(87)103-95-89(106)58-71(102(7,8)9)59-90(95)107(97-81(64-33-18-12-19-34-64)56-70(101(4,5)6)57-82(97)65-35-20-13-21-36-65)98-77-51-48-73(61-91(77)108-99(98)103)104-84-42-25-22-39-74(84)75-40-23-26-43-85(75)104/h10-61H,1-9H3/i22D,23D,25D,26D,39D,40D,42D,43D,49D,52D,60D. The summed E-state index contributed by atoms with van der Waals surface area (Å²) in [4.78, 5) is 4.89. The van der Waals surface area contributed by atoms with Gasteiger partial charge in [-0.2, -0.15) is 0 Å². The Hall–Kier alpha value is -11.6. The van der Waals surface area contributed by atoms with E-state index in [1.807, 2.05) is 12.1 Å². The summed E-state index contributed by atoms with van der Waals surface area (Å²) in [6, 6.07) is 84.8. The van der Waals surface area contributed by atoms with Gasteiger partial charge in [-0.3, -0.25) is 0 Å². The predicted octanol–water partition coefficient (Wildman–Crippen LogP) is 25.6. The van der Waals surface area contributed by atoms with E-state index in [-0.39, 0.29) is 68.5 Å². The van der Waals surface area contributed by atoms with Crippen molar-refractivity contribution >= 4 is 160 Å². The topological polar surface area (TPSA) is 16.3 Å². The molecule has 108 heavy (non-hydrogen) atoms. The minimum absolute atomic E-state index is 0.00770. The van der Waals surface area contributed by atoms with Crippen LogP contribution in [0.4, 0.5) is 34.1 Å². The van der Waals surface area contributed by atoms with Gasteiger partial charge in [-0.05, 0) is 10.8 Å². The van der Waals surface area contributed by atoms with E-state index in [4.69, 9.17) is 2.74 Å². The molecule has 0 unspecified atom stereocenters. The number of aromatic nitrogens is 2. The first-order valence-corrected chi connectivity index (χ1v) is 39.6. The van der Waals surface area contributed by atoms with Crippen molar-refractivity contribution in [1.29, 1.82) is 0 Å². The van der Waals surface area contributed by atoms with E-state index in [0.29, 0.717) is 16.8 Å². The van der Waals surface area contributed by atoms with Crippen molar-refractivity contribution in [3.05, 3.63) is 332 Å². The molecule has 16 aromatic carbocycles. The van der Waals surface area contributed by atoms with Gasteiger partial charge in [-0.15, -0.1) is 0 Å². The minimum atomic E-state index is -1.81. The van der Waals surface area contributed by atoms with Crippen LogP contribution in [0.3, 0.4) is 0 Å². The van der Waals surface area contributed by atoms with Crippen LogP contribution in [0.15, 0.2) is 315 Å². The molecule has 5 heterocycles. The van der Waals surface area contributed by atoms with Crippen LogP contribution >= 0.6 is 0 Å². The zero-order chi connectivity index (χ0) is 82.4. The molecular weight excluding hydrogens is 1420 g/mol. The Balaban J connectivity index is 0.976. The molecule has 4 nitrogen and oxygen atoms in total. The first-order valence-electron chi connectivity index (χ1n) is 42.8. The fraction of sp³-hybridized carbons (Fsp3) is 0.118. The van der Waals surface area contributed by atoms with Crippen LogP contribution in [0.25, 0.3) is 141 Å². The van der Waals surface area contributed by atoms with Gasteiger partial charge in [0.25, 0.3) is 0 Å². The number of hydrogen-bond acceptors (Lipinski definition) is 2. The van der Waals surface area contributed by atoms with Crippen LogP contribution in [0.5, 0.6) is 0 Å². The van der Waals surface area contributed by atoms with Gasteiger partial charge in [0.2, 0.25) is 0 Å². The van der Waals surface area contributed by atoms with Crippen LogP contribution in [0.1, 0.15) is 94.1 Å². The second kappa shape index (κ2) is 23.9. The quantitative estimate of drug-likeness (QED) is 0.111. The molecule has 2 aliphatic heterocycles. The molecule has 6 heteroatoms. The first kappa shape index (κ1) is 54.0. The molecule has 0 bridgehead atoms. The Bertz CT molecular complexity index is 7410. The molecule has 0 atom stereocenters. The van der Waals surface area contributed by atoms with Gasteiger partial charge in [0.05, 0.1) is 0 Å². The molecule has 0 radical (unpaired) electrons. The van der Waals surface area contributed by atoms with E-state index in [1.54, 1.807) is 4.57 Å². The fourth-order valence-corrected chi connectivity index (χ4v) is 21.4. The summed E-state index contributed by atoms with van der Waals surface area (Å²) in [6.07, 6.45) is 0. The van der Waals surface area contributed by atoms with Crippen LogP contribution in [0.2, 0.25) is 0 Å². The van der Waals surface area contributed by atoms with Gasteiger partial charge in [-0.25, -0.2) is 0 Å². The second-order valence-corrected chi connectivity index (χ2v) is 35.4. The second-order valence-electron chi connectivity index (χ2n) is 32.3. The summed E-state index contributed by atoms with van der Waals surface area (Å²) in [6.45, 7) is 19.5. The molecule has 0 N–H and O–H groups in total. The Kier molecular flexibility index (Phi) is 12.0. The fourth-order valence-electron chi connectivity index (χ4n) is 17.5. The number of benzene rings is 16. The molecule has 0 amide bonds. The van der Waals surface area contributed by atoms with E-state index in [2.05, 4.69) is 313 Å². The normalized spacial score (nSPS) is 14.6. The number of hydrogen-bond donors (Lipinski definition) is 0. The summed E-state index contributed by atoms with van der Waals surface area (Å²) < 4.78 is 116. The van der Waals surface area contributed by atoms with Crippen molar-refractivity contribution in [2.24, 2.45) is 0 Å². The third kappa shape index (κ3) is 9.82. The SMILES string of the molecule is [2H]c1c([2H])c(-n2c3ccccc3c3c4ccc5cccc6ccc(cc32)c4c65)c([2H])c2c1B1c3[te]c4cc(-n5c6c([2H])c([2H])c([2H])c([2H])c6c6c([2H])c([2H])c([2H])c([2H])c65)ccc4c3N(c3c(-c4ccccc4)cc(C(C)(C)C)cc3-c3ccccc3)c3cc(C(C)(C)C)cc(c31)N2c1c(-c2ccccc2)cc(C(C)(C)C)cc1-c1ccccc1. The molecule has 0 spiro atoms. The Morgan fingerprint density at radius 2 is 0.796 bits per heavy atom. The zero-order valence-corrected chi connectivity index (χ0v) is 63.8. The molecule has 0 aliphatic carbocycles. The molecule has 0 fully saturated rings. The average Bonchev–Trinajstić information content (AvgIpc) is 1.67. The van der Waals surface area contributed by atoms with Crippen LogP contribution in [-0.4, -0.2) is 36.3 Å². The Morgan fingerprint density at radius 3 is 1.35 bits per heavy atom. The summed E-state index contributed by atoms with van der Waals surface area (Å²) in [5, 5.41) is 9.48. The number of rotatable bonds is 8. The van der Waals surface area contributed by atoms with Crippen LogP contribution in [-0.2, 0) is 16.2 Å². The summed E-state index contributed by atoms with van der Waals surface area (Å²) in [5.74, 6) is 0. The Morgan fingerprint density at radius 1 is 0.324 bits per heavy atom. The molecule has 516 valence electrons. The van der Waals surface area contributed by atoms with Gasteiger partial charge in [0.1, 0.15) is 0 Å². The molecular formula is C102H79BN4Te. The van der Waals surface area contributed by atoms with Crippen molar-refractivity contribution in [3.8, 4) is 55.9 Å². The molecule has 2 aliphatic rings. The van der Waals surface area contributed by atoms with Gasteiger partial charge >= 0.3 is 632 Å². The van der Waals surface area contributed by atoms with E-state index in [1.165, 1.54) is 5.39 Å². The molecule has 0 saturated carbocycles. The van der Waals surface area contributed by atoms with Crippen LogP contribution in [0, 0.1) is 0 Å². The maximum absolute atomic E-state index is 12.1. The van der Waals surface area contributed by atoms with Crippen molar-refractivity contribution in [2.75, 3.05) is 9.80 Å². The monoisotopic (exact) mass is 1510 g/mol. The van der Waals surface area contributed by atoms with Gasteiger partial charge < -0.3 is 0 Å². The third-order valence-corrected chi connectivity index (χ3v) is 26.2. The third-order valence-electron chi connectivity index (χ3n) is 22.8. The predicted molar refractivity (Wildman–Crippen MR) is 465 cm³/mol. The number of anilines is 6. The van der Waals surface area contributed by atoms with E-state index in [9.17, 15) is 12.3 Å². The molecule has 21 rings (SSSR count). The van der Waals surface area contributed by atoms with Crippen molar-refractivity contribution in [2.45, 2.75) is 78.6 Å². The van der Waals surface area contributed by atoms with Gasteiger partial charge in [0, 0.05) is 0 Å². The zero-order valence-electron chi connectivity index (χ0n) is 72.4. The number of nitrogens with zero attached hydrogens (tertiary/aromatic N) is 4. The molecule has 19 aromatic rings. The van der Waals surface area contributed by atoms with E-state index in [0.717, 1.165) is 156 Å². The molecule has 0 saturated heterocycles. The van der Waals surface area contributed by atoms with Crippen LogP contribution < -0.4 is 24.2 Å². The van der Waals surface area contributed by atoms with Gasteiger partial charge in [0.15, 0.2) is 0 Å².